The van der Waals surface area contributed by atoms with Crippen molar-refractivity contribution in [1.29, 1.82) is 0 Å². The van der Waals surface area contributed by atoms with Gasteiger partial charge in [0, 0.05) is 27.7 Å². The van der Waals surface area contributed by atoms with Gasteiger partial charge in [-0.3, -0.25) is 9.36 Å². The Morgan fingerprint density at radius 1 is 1.26 bits per heavy atom. The van der Waals surface area contributed by atoms with E-state index in [1.54, 1.807) is 16.5 Å². The molecule has 0 unspecified atom stereocenters. The SMILES string of the molecule is CN(C)c1nnc(C(=O)NCc2ccccc2)n1C. The summed E-state index contributed by atoms with van der Waals surface area (Å²) in [6, 6.07) is 9.74. The number of carbonyl (C=O) groups is 1. The molecule has 1 aromatic carbocycles. The summed E-state index contributed by atoms with van der Waals surface area (Å²) in [6.07, 6.45) is 0. The van der Waals surface area contributed by atoms with Gasteiger partial charge in [0.1, 0.15) is 0 Å². The molecule has 0 spiro atoms. The van der Waals surface area contributed by atoms with Crippen LogP contribution < -0.4 is 10.2 Å². The molecule has 0 aliphatic rings. The zero-order chi connectivity index (χ0) is 13.8. The monoisotopic (exact) mass is 259 g/mol. The summed E-state index contributed by atoms with van der Waals surface area (Å²) in [4.78, 5) is 13.8. The first-order valence-corrected chi connectivity index (χ1v) is 5.98. The van der Waals surface area contributed by atoms with Crippen LogP contribution in [0.5, 0.6) is 0 Å². The molecule has 0 atom stereocenters. The first-order chi connectivity index (χ1) is 9.09. The maximum Gasteiger partial charge on any atom is 0.289 e. The van der Waals surface area contributed by atoms with E-state index in [1.807, 2.05) is 44.4 Å². The highest BCUT2D eigenvalue weighted by molar-refractivity contribution is 5.91. The lowest BCUT2D eigenvalue weighted by Gasteiger charge is -2.10. The summed E-state index contributed by atoms with van der Waals surface area (Å²) in [5.74, 6) is 0.719. The van der Waals surface area contributed by atoms with Crippen molar-refractivity contribution in [3.8, 4) is 0 Å². The van der Waals surface area contributed by atoms with Crippen molar-refractivity contribution < 1.29 is 4.79 Å². The number of aromatic nitrogens is 3. The Morgan fingerprint density at radius 2 is 1.95 bits per heavy atom. The third-order valence-electron chi connectivity index (χ3n) is 2.75. The van der Waals surface area contributed by atoms with Crippen molar-refractivity contribution in [3.63, 3.8) is 0 Å². The summed E-state index contributed by atoms with van der Waals surface area (Å²) in [5.41, 5.74) is 1.05. The van der Waals surface area contributed by atoms with Crippen LogP contribution in [-0.4, -0.2) is 34.8 Å². The molecule has 0 fully saturated rings. The highest BCUT2D eigenvalue weighted by Crippen LogP contribution is 2.08. The molecule has 6 heteroatoms. The number of anilines is 1. The number of hydrogen-bond donors (Lipinski definition) is 1. The van der Waals surface area contributed by atoms with Crippen molar-refractivity contribution in [3.05, 3.63) is 41.7 Å². The lowest BCUT2D eigenvalue weighted by Crippen LogP contribution is -2.26. The predicted molar refractivity (Wildman–Crippen MR) is 72.9 cm³/mol. The smallest absolute Gasteiger partial charge is 0.289 e. The predicted octanol–water partition coefficient (Wildman–Crippen LogP) is 0.811. The zero-order valence-corrected chi connectivity index (χ0v) is 11.3. The van der Waals surface area contributed by atoms with Gasteiger partial charge in [-0.1, -0.05) is 30.3 Å². The third-order valence-corrected chi connectivity index (χ3v) is 2.75. The minimum atomic E-state index is -0.230. The minimum Gasteiger partial charge on any atom is -0.347 e. The molecular formula is C13H17N5O. The van der Waals surface area contributed by atoms with E-state index in [0.29, 0.717) is 18.3 Å². The summed E-state index contributed by atoms with van der Waals surface area (Å²) in [5, 5.41) is 10.7. The third kappa shape index (κ3) is 2.90. The largest absolute Gasteiger partial charge is 0.347 e. The van der Waals surface area contributed by atoms with E-state index in [2.05, 4.69) is 15.5 Å². The zero-order valence-electron chi connectivity index (χ0n) is 11.3. The molecule has 1 heterocycles. The van der Waals surface area contributed by atoms with Crippen LogP contribution in [0.1, 0.15) is 16.2 Å². The van der Waals surface area contributed by atoms with Crippen LogP contribution in [0, 0.1) is 0 Å². The normalized spacial score (nSPS) is 10.3. The quantitative estimate of drug-likeness (QED) is 0.882. The van der Waals surface area contributed by atoms with Gasteiger partial charge < -0.3 is 10.2 Å². The van der Waals surface area contributed by atoms with Crippen molar-refractivity contribution in [1.82, 2.24) is 20.1 Å². The van der Waals surface area contributed by atoms with Crippen LogP contribution in [0.3, 0.4) is 0 Å². The summed E-state index contributed by atoms with van der Waals surface area (Å²) < 4.78 is 1.67. The Bertz CT molecular complexity index is 562. The maximum absolute atomic E-state index is 12.0. The van der Waals surface area contributed by atoms with Gasteiger partial charge in [0.15, 0.2) is 0 Å². The van der Waals surface area contributed by atoms with Crippen molar-refractivity contribution in [2.75, 3.05) is 19.0 Å². The van der Waals surface area contributed by atoms with Gasteiger partial charge in [-0.2, -0.15) is 0 Å². The molecule has 6 nitrogen and oxygen atoms in total. The Morgan fingerprint density at radius 3 is 2.53 bits per heavy atom. The van der Waals surface area contributed by atoms with E-state index < -0.39 is 0 Å². The lowest BCUT2D eigenvalue weighted by molar-refractivity contribution is 0.0937. The Balaban J connectivity index is 2.05. The van der Waals surface area contributed by atoms with Crippen molar-refractivity contribution in [2.24, 2.45) is 7.05 Å². The van der Waals surface area contributed by atoms with Gasteiger partial charge in [-0.05, 0) is 5.56 Å². The minimum absolute atomic E-state index is 0.230. The van der Waals surface area contributed by atoms with Gasteiger partial charge in [0.25, 0.3) is 5.91 Å². The molecule has 0 aliphatic heterocycles. The molecule has 100 valence electrons. The fourth-order valence-electron chi connectivity index (χ4n) is 1.77. The van der Waals surface area contributed by atoms with Gasteiger partial charge >= 0.3 is 0 Å². The standard InChI is InChI=1S/C13H17N5O/c1-17(2)13-16-15-11(18(13)3)12(19)14-9-10-7-5-4-6-8-10/h4-8H,9H2,1-3H3,(H,14,19). The molecular weight excluding hydrogens is 242 g/mol. The molecule has 2 rings (SSSR count). The van der Waals surface area contributed by atoms with Crippen molar-refractivity contribution >= 4 is 11.9 Å². The number of hydrogen-bond acceptors (Lipinski definition) is 4. The Labute approximate surface area is 112 Å². The van der Waals surface area contributed by atoms with E-state index >= 15 is 0 Å². The second-order valence-corrected chi connectivity index (χ2v) is 4.45. The van der Waals surface area contributed by atoms with Gasteiger partial charge in [-0.15, -0.1) is 10.2 Å². The summed E-state index contributed by atoms with van der Waals surface area (Å²) in [6.45, 7) is 0.476. The molecule has 2 aromatic rings. The van der Waals surface area contributed by atoms with Crippen LogP contribution in [0.4, 0.5) is 5.95 Å². The number of rotatable bonds is 4. The van der Waals surface area contributed by atoms with Crippen LogP contribution >= 0.6 is 0 Å². The molecule has 0 bridgehead atoms. The van der Waals surface area contributed by atoms with Crippen LogP contribution in [0.25, 0.3) is 0 Å². The van der Waals surface area contributed by atoms with Crippen LogP contribution in [0.15, 0.2) is 30.3 Å². The number of benzene rings is 1. The molecule has 1 N–H and O–H groups in total. The Kier molecular flexibility index (Phi) is 3.79. The van der Waals surface area contributed by atoms with Gasteiger partial charge in [0.2, 0.25) is 11.8 Å². The molecule has 0 aliphatic carbocycles. The number of carbonyl (C=O) groups excluding carboxylic acids is 1. The molecule has 0 saturated heterocycles. The summed E-state index contributed by atoms with van der Waals surface area (Å²) in [7, 11) is 5.48. The van der Waals surface area contributed by atoms with E-state index in [1.165, 1.54) is 0 Å². The van der Waals surface area contributed by atoms with Gasteiger partial charge in [-0.25, -0.2) is 0 Å². The molecule has 19 heavy (non-hydrogen) atoms. The van der Waals surface area contributed by atoms with Gasteiger partial charge in [0.05, 0.1) is 0 Å². The van der Waals surface area contributed by atoms with E-state index in [4.69, 9.17) is 0 Å². The first kappa shape index (κ1) is 13.1. The second kappa shape index (κ2) is 5.51. The van der Waals surface area contributed by atoms with Crippen LogP contribution in [-0.2, 0) is 13.6 Å². The average molecular weight is 259 g/mol. The molecule has 1 amide bonds. The number of amides is 1. The highest BCUT2D eigenvalue weighted by Gasteiger charge is 2.16. The fraction of sp³-hybridized carbons (Fsp3) is 0.308. The average Bonchev–Trinajstić information content (AvgIpc) is 2.79. The topological polar surface area (TPSA) is 63.1 Å². The maximum atomic E-state index is 12.0. The van der Waals surface area contributed by atoms with E-state index in [0.717, 1.165) is 5.56 Å². The Hall–Kier alpha value is -2.37. The fourth-order valence-corrected chi connectivity index (χ4v) is 1.77. The molecule has 0 radical (unpaired) electrons. The lowest BCUT2D eigenvalue weighted by atomic mass is 10.2. The van der Waals surface area contributed by atoms with Crippen LogP contribution in [0.2, 0.25) is 0 Å². The second-order valence-electron chi connectivity index (χ2n) is 4.45. The summed E-state index contributed by atoms with van der Waals surface area (Å²) >= 11 is 0. The van der Waals surface area contributed by atoms with E-state index in [-0.39, 0.29) is 5.91 Å². The molecule has 1 aromatic heterocycles. The van der Waals surface area contributed by atoms with Crippen molar-refractivity contribution in [2.45, 2.75) is 6.54 Å². The highest BCUT2D eigenvalue weighted by atomic mass is 16.2. The first-order valence-electron chi connectivity index (χ1n) is 5.98. The van der Waals surface area contributed by atoms with E-state index in [9.17, 15) is 4.79 Å². The number of nitrogens with one attached hydrogen (secondary N) is 1. The number of nitrogens with zero attached hydrogens (tertiary/aromatic N) is 4. The molecule has 0 saturated carbocycles.